The van der Waals surface area contributed by atoms with Crippen molar-refractivity contribution in [3.8, 4) is 0 Å². The van der Waals surface area contributed by atoms with E-state index in [9.17, 15) is 12.6 Å². The zero-order valence-electron chi connectivity index (χ0n) is 11.8. The first-order valence-electron chi connectivity index (χ1n) is 6.86. The van der Waals surface area contributed by atoms with E-state index < -0.39 is 20.6 Å². The summed E-state index contributed by atoms with van der Waals surface area (Å²) >= 11 is 0. The maximum Gasteiger partial charge on any atom is 0.175 e. The molecule has 1 saturated carbocycles. The fourth-order valence-electron chi connectivity index (χ4n) is 2.62. The van der Waals surface area contributed by atoms with Gasteiger partial charge in [-0.15, -0.1) is 0 Å². The van der Waals surface area contributed by atoms with Crippen molar-refractivity contribution in [2.45, 2.75) is 47.3 Å². The van der Waals surface area contributed by atoms with Crippen LogP contribution in [0.15, 0.2) is 34.1 Å². The number of benzene rings is 1. The predicted octanol–water partition coefficient (Wildman–Crippen LogP) is 1.73. The van der Waals surface area contributed by atoms with E-state index in [0.717, 1.165) is 30.7 Å². The van der Waals surface area contributed by atoms with Crippen LogP contribution in [0, 0.1) is 0 Å². The van der Waals surface area contributed by atoms with Gasteiger partial charge in [-0.2, -0.15) is 0 Å². The zero-order valence-corrected chi connectivity index (χ0v) is 13.5. The molecule has 0 aliphatic heterocycles. The Morgan fingerprint density at radius 1 is 1.25 bits per heavy atom. The van der Waals surface area contributed by atoms with Gasteiger partial charge in [0.25, 0.3) is 0 Å². The molecule has 4 nitrogen and oxygen atoms in total. The van der Waals surface area contributed by atoms with Gasteiger partial charge in [0.2, 0.25) is 0 Å². The van der Waals surface area contributed by atoms with Crippen LogP contribution >= 0.6 is 0 Å². The van der Waals surface area contributed by atoms with Gasteiger partial charge in [-0.25, -0.2) is 8.42 Å². The highest BCUT2D eigenvalue weighted by molar-refractivity contribution is 7.90. The molecule has 1 aliphatic rings. The van der Waals surface area contributed by atoms with Crippen molar-refractivity contribution in [1.29, 1.82) is 0 Å². The molecule has 1 aromatic rings. The van der Waals surface area contributed by atoms with Crippen LogP contribution in [-0.2, 0) is 20.6 Å². The topological polar surface area (TPSA) is 63.2 Å². The van der Waals surface area contributed by atoms with Gasteiger partial charge in [-0.1, -0.05) is 6.92 Å². The minimum Gasteiger partial charge on any atom is -0.314 e. The van der Waals surface area contributed by atoms with E-state index >= 15 is 0 Å². The van der Waals surface area contributed by atoms with Gasteiger partial charge in [0.05, 0.1) is 15.7 Å². The molecule has 0 saturated heterocycles. The molecule has 0 radical (unpaired) electrons. The molecule has 1 fully saturated rings. The first-order chi connectivity index (χ1) is 9.41. The molecule has 3 atom stereocenters. The van der Waals surface area contributed by atoms with E-state index in [-0.39, 0.29) is 10.1 Å². The van der Waals surface area contributed by atoms with Crippen LogP contribution in [0.2, 0.25) is 0 Å². The highest BCUT2D eigenvalue weighted by atomic mass is 32.2. The summed E-state index contributed by atoms with van der Waals surface area (Å²) in [5.41, 5.74) is 0. The van der Waals surface area contributed by atoms with Gasteiger partial charge in [0, 0.05) is 22.4 Å². The summed E-state index contributed by atoms with van der Waals surface area (Å²) in [7, 11) is -4.24. The number of hydrogen-bond donors (Lipinski definition) is 1. The minimum atomic E-state index is -3.19. The molecular weight excluding hydrogens is 294 g/mol. The molecule has 0 spiro atoms. The van der Waals surface area contributed by atoms with Gasteiger partial charge in [0.1, 0.15) is 0 Å². The monoisotopic (exact) mass is 315 g/mol. The average Bonchev–Trinajstić information content (AvgIpc) is 2.86. The van der Waals surface area contributed by atoms with Crippen LogP contribution in [0.3, 0.4) is 0 Å². The van der Waals surface area contributed by atoms with E-state index in [1.807, 2.05) is 0 Å². The van der Waals surface area contributed by atoms with Crippen molar-refractivity contribution in [1.82, 2.24) is 5.32 Å². The first kappa shape index (κ1) is 15.7. The van der Waals surface area contributed by atoms with Gasteiger partial charge in [-0.3, -0.25) is 4.21 Å². The van der Waals surface area contributed by atoms with Crippen LogP contribution in [0.5, 0.6) is 0 Å². The molecule has 0 heterocycles. The van der Waals surface area contributed by atoms with Crippen molar-refractivity contribution < 1.29 is 12.6 Å². The Labute approximate surface area is 123 Å². The zero-order chi connectivity index (χ0) is 14.8. The largest absolute Gasteiger partial charge is 0.314 e. The van der Waals surface area contributed by atoms with E-state index in [1.165, 1.54) is 6.26 Å². The van der Waals surface area contributed by atoms with Crippen LogP contribution < -0.4 is 5.32 Å². The summed E-state index contributed by atoms with van der Waals surface area (Å²) in [6, 6.07) is 6.89. The second kappa shape index (κ2) is 6.37. The standard InChI is InChI=1S/C14H21NO3S2/c1-3-15-11-4-5-13(10-11)19(16)12-6-8-14(9-7-12)20(2,17)18/h6-9,11,13,15H,3-5,10H2,1-2H3. The molecule has 1 aromatic carbocycles. The van der Waals surface area contributed by atoms with Gasteiger partial charge in [0.15, 0.2) is 9.84 Å². The molecule has 0 aromatic heterocycles. The fraction of sp³-hybridized carbons (Fsp3) is 0.571. The van der Waals surface area contributed by atoms with Crippen LogP contribution in [0.4, 0.5) is 0 Å². The molecule has 1 N–H and O–H groups in total. The third-order valence-electron chi connectivity index (χ3n) is 3.66. The summed E-state index contributed by atoms with van der Waals surface area (Å²) in [5, 5.41) is 3.57. The van der Waals surface area contributed by atoms with E-state index in [4.69, 9.17) is 0 Å². The highest BCUT2D eigenvalue weighted by Crippen LogP contribution is 2.27. The molecule has 6 heteroatoms. The first-order valence-corrected chi connectivity index (χ1v) is 9.96. The molecule has 1 aliphatic carbocycles. The summed E-state index contributed by atoms with van der Waals surface area (Å²) in [4.78, 5) is 0.995. The molecule has 112 valence electrons. The van der Waals surface area contributed by atoms with Gasteiger partial charge < -0.3 is 5.32 Å². The van der Waals surface area contributed by atoms with Crippen molar-refractivity contribution >= 4 is 20.6 Å². The second-order valence-corrected chi connectivity index (χ2v) is 8.98. The van der Waals surface area contributed by atoms with Gasteiger partial charge in [-0.05, 0) is 50.1 Å². The van der Waals surface area contributed by atoms with E-state index in [0.29, 0.717) is 6.04 Å². The molecular formula is C14H21NO3S2. The Bertz CT molecular complexity index is 581. The lowest BCUT2D eigenvalue weighted by Gasteiger charge is -2.12. The highest BCUT2D eigenvalue weighted by Gasteiger charge is 2.29. The molecule has 0 bridgehead atoms. The molecule has 2 rings (SSSR count). The van der Waals surface area contributed by atoms with Gasteiger partial charge >= 0.3 is 0 Å². The quantitative estimate of drug-likeness (QED) is 0.899. The normalized spacial score (nSPS) is 24.7. The number of rotatable bonds is 5. The lowest BCUT2D eigenvalue weighted by atomic mass is 10.2. The smallest absolute Gasteiger partial charge is 0.175 e. The number of sulfone groups is 1. The Balaban J connectivity index is 2.07. The average molecular weight is 315 g/mol. The van der Waals surface area contributed by atoms with Crippen molar-refractivity contribution in [2.24, 2.45) is 0 Å². The summed E-state index contributed by atoms with van der Waals surface area (Å²) in [6.45, 7) is 3.02. The Morgan fingerprint density at radius 2 is 1.90 bits per heavy atom. The number of nitrogens with one attached hydrogen (secondary N) is 1. The Hall–Kier alpha value is -0.720. The van der Waals surface area contributed by atoms with E-state index in [2.05, 4.69) is 12.2 Å². The SMILES string of the molecule is CCNC1CCC(S(=O)c2ccc(S(C)(=O)=O)cc2)C1. The minimum absolute atomic E-state index is 0.170. The maximum absolute atomic E-state index is 12.5. The van der Waals surface area contributed by atoms with Crippen molar-refractivity contribution in [2.75, 3.05) is 12.8 Å². The third kappa shape index (κ3) is 3.68. The Kier molecular flexibility index (Phi) is 4.99. The summed E-state index contributed by atoms with van der Waals surface area (Å²) in [5.74, 6) is 0. The maximum atomic E-state index is 12.5. The van der Waals surface area contributed by atoms with Crippen LogP contribution in [0.25, 0.3) is 0 Å². The Morgan fingerprint density at radius 3 is 2.45 bits per heavy atom. The lowest BCUT2D eigenvalue weighted by Crippen LogP contribution is -2.27. The van der Waals surface area contributed by atoms with Crippen LogP contribution in [-0.4, -0.2) is 36.7 Å². The van der Waals surface area contributed by atoms with Crippen molar-refractivity contribution in [3.05, 3.63) is 24.3 Å². The summed E-state index contributed by atoms with van der Waals surface area (Å²) in [6.07, 6.45) is 4.12. The number of hydrogen-bond acceptors (Lipinski definition) is 4. The van der Waals surface area contributed by atoms with Crippen molar-refractivity contribution in [3.63, 3.8) is 0 Å². The third-order valence-corrected chi connectivity index (χ3v) is 6.56. The predicted molar refractivity (Wildman–Crippen MR) is 81.1 cm³/mol. The molecule has 20 heavy (non-hydrogen) atoms. The fourth-order valence-corrected chi connectivity index (χ4v) is 4.80. The van der Waals surface area contributed by atoms with Crippen LogP contribution in [0.1, 0.15) is 26.2 Å². The molecule has 3 unspecified atom stereocenters. The lowest BCUT2D eigenvalue weighted by molar-refractivity contribution is 0.542. The second-order valence-electron chi connectivity index (χ2n) is 5.23. The summed E-state index contributed by atoms with van der Waals surface area (Å²) < 4.78 is 35.3. The molecule has 0 amide bonds. The van der Waals surface area contributed by atoms with E-state index in [1.54, 1.807) is 24.3 Å².